The molecule has 2 nitrogen and oxygen atoms in total. The number of nitrogens with one attached hydrogen (secondary N) is 1. The highest BCUT2D eigenvalue weighted by atomic mass is 79.9. The summed E-state index contributed by atoms with van der Waals surface area (Å²) in [5, 5.41) is 3.45. The van der Waals surface area contributed by atoms with Crippen LogP contribution < -0.4 is 10.2 Å². The highest BCUT2D eigenvalue weighted by molar-refractivity contribution is 9.10. The second kappa shape index (κ2) is 8.60. The minimum Gasteiger partial charge on any atom is -0.369 e. The Morgan fingerprint density at radius 2 is 2.00 bits per heavy atom. The molecule has 3 heteroatoms. The monoisotopic (exact) mass is 326 g/mol. The first-order chi connectivity index (χ1) is 9.13. The number of benzene rings is 1. The Balaban J connectivity index is 2.79. The zero-order valence-electron chi connectivity index (χ0n) is 12.7. The van der Waals surface area contributed by atoms with E-state index in [-0.39, 0.29) is 0 Å². The first-order valence-electron chi connectivity index (χ1n) is 7.39. The van der Waals surface area contributed by atoms with Crippen LogP contribution in [0.2, 0.25) is 0 Å². The molecule has 0 amide bonds. The van der Waals surface area contributed by atoms with Crippen LogP contribution in [-0.2, 0) is 6.54 Å². The Hall–Kier alpha value is -0.540. The van der Waals surface area contributed by atoms with Crippen molar-refractivity contribution in [3.63, 3.8) is 0 Å². The maximum absolute atomic E-state index is 3.70. The topological polar surface area (TPSA) is 15.3 Å². The van der Waals surface area contributed by atoms with E-state index in [2.05, 4.69) is 72.0 Å². The van der Waals surface area contributed by atoms with Gasteiger partial charge in [0.1, 0.15) is 0 Å². The largest absolute Gasteiger partial charge is 0.369 e. The lowest BCUT2D eigenvalue weighted by Crippen LogP contribution is -2.32. The van der Waals surface area contributed by atoms with Gasteiger partial charge in [0.25, 0.3) is 0 Å². The van der Waals surface area contributed by atoms with Gasteiger partial charge in [0.2, 0.25) is 0 Å². The van der Waals surface area contributed by atoms with Crippen molar-refractivity contribution in [2.24, 2.45) is 0 Å². The fourth-order valence-corrected chi connectivity index (χ4v) is 2.73. The first-order valence-corrected chi connectivity index (χ1v) is 8.19. The fourth-order valence-electron chi connectivity index (χ4n) is 2.23. The molecule has 0 heterocycles. The molecule has 0 saturated carbocycles. The summed E-state index contributed by atoms with van der Waals surface area (Å²) in [6.07, 6.45) is 2.35. The number of hydrogen-bond acceptors (Lipinski definition) is 2. The average molecular weight is 327 g/mol. The molecule has 1 atom stereocenters. The zero-order valence-corrected chi connectivity index (χ0v) is 14.3. The maximum atomic E-state index is 3.70. The maximum Gasteiger partial charge on any atom is 0.0380 e. The van der Waals surface area contributed by atoms with Crippen LogP contribution in [0, 0.1) is 0 Å². The van der Waals surface area contributed by atoms with Crippen molar-refractivity contribution in [2.75, 3.05) is 18.0 Å². The van der Waals surface area contributed by atoms with E-state index in [4.69, 9.17) is 0 Å². The van der Waals surface area contributed by atoms with E-state index >= 15 is 0 Å². The minimum atomic E-state index is 0.584. The Morgan fingerprint density at radius 1 is 1.26 bits per heavy atom. The smallest absolute Gasteiger partial charge is 0.0380 e. The van der Waals surface area contributed by atoms with Crippen LogP contribution in [0.15, 0.2) is 22.7 Å². The standard InChI is InChI=1S/C16H27BrN2/c1-5-10-18-12-14-8-9-15(11-16(14)17)19(7-3)13(4)6-2/h8-9,11,13,18H,5-7,10,12H2,1-4H3. The van der Waals surface area contributed by atoms with E-state index in [9.17, 15) is 0 Å². The molecule has 0 bridgehead atoms. The molecule has 0 aliphatic carbocycles. The lowest BCUT2D eigenvalue weighted by Gasteiger charge is -2.30. The molecule has 1 N–H and O–H groups in total. The Labute approximate surface area is 126 Å². The molecule has 0 radical (unpaired) electrons. The summed E-state index contributed by atoms with van der Waals surface area (Å²) in [7, 11) is 0. The van der Waals surface area contributed by atoms with Gasteiger partial charge >= 0.3 is 0 Å². The molecule has 0 fully saturated rings. The van der Waals surface area contributed by atoms with E-state index in [1.165, 1.54) is 28.6 Å². The number of rotatable bonds is 8. The van der Waals surface area contributed by atoms with Crippen molar-refractivity contribution in [2.45, 2.75) is 53.1 Å². The molecular formula is C16H27BrN2. The molecular weight excluding hydrogens is 300 g/mol. The van der Waals surface area contributed by atoms with E-state index < -0.39 is 0 Å². The molecule has 108 valence electrons. The van der Waals surface area contributed by atoms with Crippen LogP contribution in [-0.4, -0.2) is 19.1 Å². The van der Waals surface area contributed by atoms with Crippen LogP contribution in [0.1, 0.15) is 46.1 Å². The van der Waals surface area contributed by atoms with Crippen molar-refractivity contribution in [1.29, 1.82) is 0 Å². The van der Waals surface area contributed by atoms with E-state index in [1.54, 1.807) is 0 Å². The van der Waals surface area contributed by atoms with Gasteiger partial charge in [0, 0.05) is 29.3 Å². The summed E-state index contributed by atoms with van der Waals surface area (Å²) in [6, 6.07) is 7.30. The van der Waals surface area contributed by atoms with Crippen molar-refractivity contribution >= 4 is 21.6 Å². The molecule has 0 aromatic heterocycles. The predicted octanol–water partition coefficient (Wildman–Crippen LogP) is 4.57. The van der Waals surface area contributed by atoms with Crippen LogP contribution in [0.4, 0.5) is 5.69 Å². The summed E-state index contributed by atoms with van der Waals surface area (Å²) in [5.74, 6) is 0. The van der Waals surface area contributed by atoms with Gasteiger partial charge in [-0.05, 0) is 50.9 Å². The van der Waals surface area contributed by atoms with Gasteiger partial charge < -0.3 is 10.2 Å². The van der Waals surface area contributed by atoms with Crippen LogP contribution >= 0.6 is 15.9 Å². The van der Waals surface area contributed by atoms with Gasteiger partial charge in [-0.25, -0.2) is 0 Å². The van der Waals surface area contributed by atoms with Crippen LogP contribution in [0.3, 0.4) is 0 Å². The van der Waals surface area contributed by atoms with Crippen molar-refractivity contribution in [1.82, 2.24) is 5.32 Å². The second-order valence-electron chi connectivity index (χ2n) is 5.00. The highest BCUT2D eigenvalue weighted by Crippen LogP contribution is 2.26. The Morgan fingerprint density at radius 3 is 2.53 bits per heavy atom. The van der Waals surface area contributed by atoms with E-state index in [1.807, 2.05) is 0 Å². The van der Waals surface area contributed by atoms with Crippen LogP contribution in [0.25, 0.3) is 0 Å². The molecule has 1 aromatic rings. The molecule has 1 unspecified atom stereocenters. The van der Waals surface area contributed by atoms with Crippen LogP contribution in [0.5, 0.6) is 0 Å². The molecule has 19 heavy (non-hydrogen) atoms. The van der Waals surface area contributed by atoms with E-state index in [0.717, 1.165) is 19.6 Å². The van der Waals surface area contributed by atoms with Gasteiger partial charge in [0.15, 0.2) is 0 Å². The summed E-state index contributed by atoms with van der Waals surface area (Å²) in [4.78, 5) is 2.45. The zero-order chi connectivity index (χ0) is 14.3. The Bertz CT molecular complexity index is 379. The lowest BCUT2D eigenvalue weighted by molar-refractivity contribution is 0.629. The Kier molecular flexibility index (Phi) is 7.47. The highest BCUT2D eigenvalue weighted by Gasteiger charge is 2.12. The molecule has 0 saturated heterocycles. The van der Waals surface area contributed by atoms with Crippen molar-refractivity contribution in [3.8, 4) is 0 Å². The molecule has 1 aromatic carbocycles. The summed E-state index contributed by atoms with van der Waals surface area (Å²) < 4.78 is 1.20. The van der Waals surface area contributed by atoms with Gasteiger partial charge in [-0.15, -0.1) is 0 Å². The number of anilines is 1. The molecule has 0 aliphatic heterocycles. The third-order valence-corrected chi connectivity index (χ3v) is 4.31. The third-order valence-electron chi connectivity index (χ3n) is 3.57. The summed E-state index contributed by atoms with van der Waals surface area (Å²) in [6.45, 7) is 12.0. The fraction of sp³-hybridized carbons (Fsp3) is 0.625. The SMILES string of the molecule is CCCNCc1ccc(N(CC)C(C)CC)cc1Br. The van der Waals surface area contributed by atoms with Crippen molar-refractivity contribution < 1.29 is 0 Å². The second-order valence-corrected chi connectivity index (χ2v) is 5.85. The van der Waals surface area contributed by atoms with Gasteiger partial charge in [-0.2, -0.15) is 0 Å². The number of halogens is 1. The van der Waals surface area contributed by atoms with Crippen molar-refractivity contribution in [3.05, 3.63) is 28.2 Å². The molecule has 0 spiro atoms. The number of nitrogens with zero attached hydrogens (tertiary/aromatic N) is 1. The lowest BCUT2D eigenvalue weighted by atomic mass is 10.1. The van der Waals surface area contributed by atoms with Gasteiger partial charge in [0.05, 0.1) is 0 Å². The minimum absolute atomic E-state index is 0.584. The summed E-state index contributed by atoms with van der Waals surface area (Å²) >= 11 is 3.70. The normalized spacial score (nSPS) is 12.5. The first kappa shape index (κ1) is 16.5. The van der Waals surface area contributed by atoms with Gasteiger partial charge in [-0.3, -0.25) is 0 Å². The average Bonchev–Trinajstić information content (AvgIpc) is 2.42. The van der Waals surface area contributed by atoms with E-state index in [0.29, 0.717) is 6.04 Å². The molecule has 1 rings (SSSR count). The summed E-state index contributed by atoms with van der Waals surface area (Å²) in [5.41, 5.74) is 2.64. The molecule has 0 aliphatic rings. The third kappa shape index (κ3) is 4.81. The quantitative estimate of drug-likeness (QED) is 0.704. The van der Waals surface area contributed by atoms with Gasteiger partial charge in [-0.1, -0.05) is 35.8 Å². The number of hydrogen-bond donors (Lipinski definition) is 1. The predicted molar refractivity (Wildman–Crippen MR) is 88.9 cm³/mol.